The van der Waals surface area contributed by atoms with Crippen molar-refractivity contribution in [2.75, 3.05) is 12.8 Å². The zero-order chi connectivity index (χ0) is 11.5. The van der Waals surface area contributed by atoms with E-state index in [1.165, 1.54) is 0 Å². The van der Waals surface area contributed by atoms with Gasteiger partial charge in [0.25, 0.3) is 0 Å². The van der Waals surface area contributed by atoms with Crippen LogP contribution in [0.4, 0.5) is 0 Å². The fourth-order valence-electron chi connectivity index (χ4n) is 2.54. The van der Waals surface area contributed by atoms with Crippen LogP contribution in [-0.2, 0) is 9.84 Å². The molecule has 1 N–H and O–H groups in total. The first kappa shape index (κ1) is 13.0. The molecule has 0 heterocycles. The van der Waals surface area contributed by atoms with Crippen molar-refractivity contribution in [3.63, 3.8) is 0 Å². The van der Waals surface area contributed by atoms with E-state index in [1.54, 1.807) is 0 Å². The van der Waals surface area contributed by atoms with Gasteiger partial charge in [-0.1, -0.05) is 20.3 Å². The summed E-state index contributed by atoms with van der Waals surface area (Å²) in [6.07, 6.45) is 3.58. The molecule has 0 spiro atoms. The van der Waals surface area contributed by atoms with E-state index in [1.807, 2.05) is 14.0 Å². The van der Waals surface area contributed by atoms with Crippen molar-refractivity contribution in [1.82, 2.24) is 5.32 Å². The van der Waals surface area contributed by atoms with Gasteiger partial charge in [0.1, 0.15) is 0 Å². The molecule has 15 heavy (non-hydrogen) atoms. The number of rotatable bonds is 5. The Morgan fingerprint density at radius 2 is 2.00 bits per heavy atom. The van der Waals surface area contributed by atoms with E-state index < -0.39 is 9.84 Å². The predicted octanol–water partition coefficient (Wildman–Crippen LogP) is 1.59. The molecule has 0 bridgehead atoms. The predicted molar refractivity (Wildman–Crippen MR) is 63.7 cm³/mol. The molecule has 4 heteroatoms. The lowest BCUT2D eigenvalue weighted by Gasteiger charge is -2.20. The lowest BCUT2D eigenvalue weighted by molar-refractivity contribution is 0.453. The lowest BCUT2D eigenvalue weighted by atomic mass is 10.1. The van der Waals surface area contributed by atoms with Crippen LogP contribution in [0.15, 0.2) is 0 Å². The summed E-state index contributed by atoms with van der Waals surface area (Å²) >= 11 is 0. The van der Waals surface area contributed by atoms with Crippen molar-refractivity contribution < 1.29 is 8.42 Å². The molecule has 1 aliphatic carbocycles. The molecular weight excluding hydrogens is 210 g/mol. The monoisotopic (exact) mass is 233 g/mol. The molecule has 0 aliphatic heterocycles. The topological polar surface area (TPSA) is 46.2 Å². The highest BCUT2D eigenvalue weighted by atomic mass is 32.2. The largest absolute Gasteiger partial charge is 0.317 e. The maximum atomic E-state index is 12.0. The van der Waals surface area contributed by atoms with Gasteiger partial charge in [0.2, 0.25) is 0 Å². The molecule has 90 valence electrons. The summed E-state index contributed by atoms with van der Waals surface area (Å²) in [6, 6.07) is 0.381. The molecule has 1 aliphatic rings. The summed E-state index contributed by atoms with van der Waals surface area (Å²) in [5, 5.41) is 3.10. The average molecular weight is 233 g/mol. The molecule has 0 aromatic rings. The summed E-state index contributed by atoms with van der Waals surface area (Å²) in [7, 11) is -0.935. The van der Waals surface area contributed by atoms with Gasteiger partial charge < -0.3 is 5.32 Å². The summed E-state index contributed by atoms with van der Waals surface area (Å²) in [6.45, 7) is 4.09. The summed E-state index contributed by atoms with van der Waals surface area (Å²) < 4.78 is 24.1. The van der Waals surface area contributed by atoms with Gasteiger partial charge in [0.15, 0.2) is 9.84 Å². The number of hydrogen-bond donors (Lipinski definition) is 1. The molecule has 0 amide bonds. The number of nitrogens with one attached hydrogen (secondary N) is 1. The van der Waals surface area contributed by atoms with Gasteiger partial charge in [-0.25, -0.2) is 8.42 Å². The van der Waals surface area contributed by atoms with Gasteiger partial charge in [-0.2, -0.15) is 0 Å². The van der Waals surface area contributed by atoms with E-state index in [4.69, 9.17) is 0 Å². The third kappa shape index (κ3) is 2.94. The molecule has 0 saturated heterocycles. The highest BCUT2D eigenvalue weighted by Gasteiger charge is 2.39. The van der Waals surface area contributed by atoms with Crippen LogP contribution in [0.25, 0.3) is 0 Å². The minimum Gasteiger partial charge on any atom is -0.317 e. The molecular formula is C11H23NO2S. The Morgan fingerprint density at radius 1 is 1.33 bits per heavy atom. The second-order valence-corrected chi connectivity index (χ2v) is 6.93. The first-order chi connectivity index (χ1) is 7.03. The fourth-order valence-corrected chi connectivity index (χ4v) is 4.87. The van der Waals surface area contributed by atoms with Crippen molar-refractivity contribution in [3.8, 4) is 0 Å². The van der Waals surface area contributed by atoms with Gasteiger partial charge in [0.05, 0.1) is 11.0 Å². The smallest absolute Gasteiger partial charge is 0.153 e. The van der Waals surface area contributed by atoms with Gasteiger partial charge in [-0.3, -0.25) is 0 Å². The number of hydrogen-bond acceptors (Lipinski definition) is 3. The number of unbranched alkanes of at least 4 members (excludes halogenated alkanes) is 1. The van der Waals surface area contributed by atoms with Crippen molar-refractivity contribution in [3.05, 3.63) is 0 Å². The van der Waals surface area contributed by atoms with E-state index in [2.05, 4.69) is 12.2 Å². The molecule has 1 saturated carbocycles. The highest BCUT2D eigenvalue weighted by Crippen LogP contribution is 2.31. The highest BCUT2D eigenvalue weighted by molar-refractivity contribution is 7.92. The molecule has 0 aromatic heterocycles. The van der Waals surface area contributed by atoms with Crippen molar-refractivity contribution >= 4 is 9.84 Å². The maximum absolute atomic E-state index is 12.0. The van der Waals surface area contributed by atoms with Gasteiger partial charge in [0, 0.05) is 6.04 Å². The fraction of sp³-hybridized carbons (Fsp3) is 1.00. The normalized spacial score (nSPS) is 32.1. The van der Waals surface area contributed by atoms with Crippen LogP contribution in [0.5, 0.6) is 0 Å². The van der Waals surface area contributed by atoms with E-state index in [9.17, 15) is 8.42 Å². The van der Waals surface area contributed by atoms with Crippen molar-refractivity contribution in [2.24, 2.45) is 5.92 Å². The zero-order valence-electron chi connectivity index (χ0n) is 9.99. The minimum absolute atomic E-state index is 0.110. The lowest BCUT2D eigenvalue weighted by Crippen LogP contribution is -2.35. The van der Waals surface area contributed by atoms with Crippen LogP contribution < -0.4 is 5.32 Å². The van der Waals surface area contributed by atoms with Crippen LogP contribution in [0, 0.1) is 5.92 Å². The quantitative estimate of drug-likeness (QED) is 0.784. The van der Waals surface area contributed by atoms with Crippen LogP contribution in [0.2, 0.25) is 0 Å². The minimum atomic E-state index is -2.85. The Kier molecular flexibility index (Phi) is 4.59. The first-order valence-corrected chi connectivity index (χ1v) is 7.63. The Labute approximate surface area is 93.6 Å². The summed E-state index contributed by atoms with van der Waals surface area (Å²) in [5.74, 6) is 0.631. The van der Waals surface area contributed by atoms with Crippen molar-refractivity contribution in [1.29, 1.82) is 0 Å². The Bertz CT molecular complexity index is 287. The molecule has 1 fully saturated rings. The maximum Gasteiger partial charge on any atom is 0.153 e. The third-order valence-corrected chi connectivity index (χ3v) is 6.04. The zero-order valence-corrected chi connectivity index (χ0v) is 10.8. The van der Waals surface area contributed by atoms with Gasteiger partial charge in [-0.15, -0.1) is 0 Å². The van der Waals surface area contributed by atoms with Gasteiger partial charge >= 0.3 is 0 Å². The SMILES string of the molecule is CCCCS(=O)(=O)C1CCC(NC)C1C. The molecule has 3 atom stereocenters. The Hall–Kier alpha value is -0.0900. The second-order valence-electron chi connectivity index (χ2n) is 4.59. The van der Waals surface area contributed by atoms with E-state index in [0.29, 0.717) is 11.8 Å². The van der Waals surface area contributed by atoms with Crippen LogP contribution in [0.1, 0.15) is 39.5 Å². The molecule has 0 aromatic carbocycles. The van der Waals surface area contributed by atoms with Gasteiger partial charge in [-0.05, 0) is 32.2 Å². The first-order valence-electron chi connectivity index (χ1n) is 5.91. The van der Waals surface area contributed by atoms with Crippen LogP contribution in [-0.4, -0.2) is 32.5 Å². The third-order valence-electron chi connectivity index (χ3n) is 3.60. The molecule has 3 nitrogen and oxygen atoms in total. The van der Waals surface area contributed by atoms with E-state index in [-0.39, 0.29) is 11.2 Å². The number of sulfone groups is 1. The van der Waals surface area contributed by atoms with E-state index in [0.717, 1.165) is 25.7 Å². The van der Waals surface area contributed by atoms with Crippen LogP contribution in [0.3, 0.4) is 0 Å². The second kappa shape index (κ2) is 5.30. The molecule has 1 rings (SSSR count). The average Bonchev–Trinajstić information content (AvgIpc) is 2.57. The summed E-state index contributed by atoms with van der Waals surface area (Å²) in [5.41, 5.74) is 0. The summed E-state index contributed by atoms with van der Waals surface area (Å²) in [4.78, 5) is 0. The molecule has 3 unspecified atom stereocenters. The van der Waals surface area contributed by atoms with E-state index >= 15 is 0 Å². The van der Waals surface area contributed by atoms with Crippen molar-refractivity contribution in [2.45, 2.75) is 50.8 Å². The standard InChI is InChI=1S/C11H23NO2S/c1-4-5-8-15(13,14)11-7-6-10(12-3)9(11)2/h9-12H,4-8H2,1-3H3. The Balaban J connectivity index is 2.64. The van der Waals surface area contributed by atoms with Crippen LogP contribution >= 0.6 is 0 Å². The molecule has 0 radical (unpaired) electrons. The Morgan fingerprint density at radius 3 is 2.47 bits per heavy atom.